The summed E-state index contributed by atoms with van der Waals surface area (Å²) in [5.41, 5.74) is 4.09. The second-order valence-electron chi connectivity index (χ2n) is 5.16. The van der Waals surface area contributed by atoms with Crippen molar-refractivity contribution in [3.05, 3.63) is 35.1 Å². The van der Waals surface area contributed by atoms with Gasteiger partial charge in [-0.2, -0.15) is 0 Å². The van der Waals surface area contributed by atoms with Crippen LogP contribution < -0.4 is 0 Å². The summed E-state index contributed by atoms with van der Waals surface area (Å²) >= 11 is 0. The highest BCUT2D eigenvalue weighted by atomic mass is 16.5. The zero-order chi connectivity index (χ0) is 14.7. The smallest absolute Gasteiger partial charge is 0.311 e. The van der Waals surface area contributed by atoms with Crippen LogP contribution in [0.5, 0.6) is 0 Å². The minimum absolute atomic E-state index is 0.00493. The van der Waals surface area contributed by atoms with Crippen molar-refractivity contribution in [3.63, 3.8) is 0 Å². The Morgan fingerprint density at radius 1 is 1.45 bits per heavy atom. The van der Waals surface area contributed by atoms with Crippen molar-refractivity contribution in [2.45, 2.75) is 33.1 Å². The Morgan fingerprint density at radius 2 is 2.20 bits per heavy atom. The van der Waals surface area contributed by atoms with Gasteiger partial charge in [-0.15, -0.1) is 6.42 Å². The zero-order valence-electron chi connectivity index (χ0n) is 12.0. The fraction of sp³-hybridized carbons (Fsp3) is 0.353. The molecule has 0 atom stereocenters. The minimum atomic E-state index is -0.336. The van der Waals surface area contributed by atoms with Crippen LogP contribution in [0.1, 0.15) is 36.5 Å². The molecule has 0 aliphatic rings. The molecule has 1 aromatic carbocycles. The minimum Gasteiger partial charge on any atom is -0.464 e. The zero-order valence-corrected chi connectivity index (χ0v) is 12.0. The fourth-order valence-corrected chi connectivity index (χ4v) is 2.33. The third-order valence-corrected chi connectivity index (χ3v) is 3.32. The van der Waals surface area contributed by atoms with Crippen molar-refractivity contribution in [3.8, 4) is 12.3 Å². The van der Waals surface area contributed by atoms with Crippen LogP contribution in [0.25, 0.3) is 11.0 Å². The number of benzene rings is 1. The van der Waals surface area contributed by atoms with Gasteiger partial charge >= 0.3 is 5.97 Å². The molecule has 1 aromatic heterocycles. The molecule has 0 aliphatic carbocycles. The molecule has 0 bridgehead atoms. The van der Waals surface area contributed by atoms with E-state index in [-0.39, 0.29) is 19.0 Å². The van der Waals surface area contributed by atoms with Crippen LogP contribution in [-0.2, 0) is 16.0 Å². The molecular formula is C17H18O3. The van der Waals surface area contributed by atoms with Gasteiger partial charge in [0.15, 0.2) is 6.61 Å². The molecule has 0 aliphatic heterocycles. The lowest BCUT2D eigenvalue weighted by Crippen LogP contribution is -2.07. The average Bonchev–Trinajstić information content (AvgIpc) is 2.77. The van der Waals surface area contributed by atoms with Crippen molar-refractivity contribution in [1.29, 1.82) is 0 Å². The molecule has 104 valence electrons. The van der Waals surface area contributed by atoms with E-state index in [1.54, 1.807) is 6.26 Å². The highest BCUT2D eigenvalue weighted by Crippen LogP contribution is 2.29. The van der Waals surface area contributed by atoms with Crippen LogP contribution in [0.3, 0.4) is 0 Å². The third kappa shape index (κ3) is 2.85. The quantitative estimate of drug-likeness (QED) is 0.629. The highest BCUT2D eigenvalue weighted by molar-refractivity contribution is 5.87. The molecule has 3 nitrogen and oxygen atoms in total. The molecule has 0 spiro atoms. The largest absolute Gasteiger partial charge is 0.464 e. The Labute approximate surface area is 118 Å². The van der Waals surface area contributed by atoms with Gasteiger partial charge in [0, 0.05) is 10.9 Å². The van der Waals surface area contributed by atoms with Crippen molar-refractivity contribution in [1.82, 2.24) is 0 Å². The number of carbonyl (C=O) groups is 1. The van der Waals surface area contributed by atoms with Crippen molar-refractivity contribution >= 4 is 16.9 Å². The second kappa shape index (κ2) is 5.83. The van der Waals surface area contributed by atoms with E-state index in [1.165, 1.54) is 11.1 Å². The first-order valence-corrected chi connectivity index (χ1v) is 6.62. The number of furan rings is 1. The maximum Gasteiger partial charge on any atom is 0.311 e. The van der Waals surface area contributed by atoms with E-state index in [0.29, 0.717) is 5.92 Å². The molecule has 0 radical (unpaired) electrons. The van der Waals surface area contributed by atoms with Crippen molar-refractivity contribution in [2.24, 2.45) is 0 Å². The number of rotatable bonds is 4. The van der Waals surface area contributed by atoms with E-state index in [0.717, 1.165) is 16.5 Å². The Morgan fingerprint density at radius 3 is 2.85 bits per heavy atom. The normalized spacial score (nSPS) is 10.8. The van der Waals surface area contributed by atoms with Gasteiger partial charge < -0.3 is 9.15 Å². The van der Waals surface area contributed by atoms with E-state index >= 15 is 0 Å². The van der Waals surface area contributed by atoms with E-state index in [1.807, 2.05) is 6.07 Å². The van der Waals surface area contributed by atoms with E-state index in [2.05, 4.69) is 32.8 Å². The summed E-state index contributed by atoms with van der Waals surface area (Å²) in [6.07, 6.45) is 6.86. The molecule has 3 heteroatoms. The van der Waals surface area contributed by atoms with Gasteiger partial charge in [0.2, 0.25) is 0 Å². The summed E-state index contributed by atoms with van der Waals surface area (Å²) in [6, 6.07) is 4.11. The number of ether oxygens (including phenoxy) is 1. The third-order valence-electron chi connectivity index (χ3n) is 3.32. The summed E-state index contributed by atoms with van der Waals surface area (Å²) in [6.45, 7) is 6.37. The molecule has 1 heterocycles. The first-order valence-electron chi connectivity index (χ1n) is 6.62. The van der Waals surface area contributed by atoms with Gasteiger partial charge in [-0.25, -0.2) is 0 Å². The lowest BCUT2D eigenvalue weighted by molar-refractivity contribution is -0.141. The monoisotopic (exact) mass is 270 g/mol. The van der Waals surface area contributed by atoms with E-state index in [4.69, 9.17) is 15.6 Å². The summed E-state index contributed by atoms with van der Waals surface area (Å²) in [5.74, 6) is 2.37. The van der Waals surface area contributed by atoms with Gasteiger partial charge in [0.05, 0.1) is 12.7 Å². The molecule has 0 N–H and O–H groups in total. The number of carbonyl (C=O) groups excluding carboxylic acids is 1. The topological polar surface area (TPSA) is 39.4 Å². The van der Waals surface area contributed by atoms with Crippen LogP contribution in [0.15, 0.2) is 22.8 Å². The number of hydrogen-bond donors (Lipinski definition) is 0. The number of terminal acetylenes is 1. The first kappa shape index (κ1) is 14.2. The fourth-order valence-electron chi connectivity index (χ4n) is 2.33. The summed E-state index contributed by atoms with van der Waals surface area (Å²) < 4.78 is 10.4. The standard InChI is InChI=1S/C17H18O3/c1-5-6-19-17(18)8-13-10-20-16-7-12(4)14(11(2)3)9-15(13)16/h1,7,9-11H,6,8H2,2-4H3. The molecule has 2 aromatic rings. The number of fused-ring (bicyclic) bond motifs is 1. The number of hydrogen-bond acceptors (Lipinski definition) is 3. The molecular weight excluding hydrogens is 252 g/mol. The highest BCUT2D eigenvalue weighted by Gasteiger charge is 2.14. The Kier molecular flexibility index (Phi) is 4.14. The van der Waals surface area contributed by atoms with Gasteiger partial charge in [-0.1, -0.05) is 19.8 Å². The summed E-state index contributed by atoms with van der Waals surface area (Å²) in [7, 11) is 0. The summed E-state index contributed by atoms with van der Waals surface area (Å²) in [5, 5.41) is 0.969. The van der Waals surface area contributed by atoms with E-state index in [9.17, 15) is 4.79 Å². The van der Waals surface area contributed by atoms with Crippen LogP contribution in [0.2, 0.25) is 0 Å². The molecule has 0 saturated carbocycles. The van der Waals surface area contributed by atoms with Crippen molar-refractivity contribution in [2.75, 3.05) is 6.61 Å². The van der Waals surface area contributed by atoms with Gasteiger partial charge in [-0.05, 0) is 36.1 Å². The average molecular weight is 270 g/mol. The van der Waals surface area contributed by atoms with Gasteiger partial charge in [0.1, 0.15) is 5.58 Å². The van der Waals surface area contributed by atoms with Crippen LogP contribution in [0, 0.1) is 19.3 Å². The van der Waals surface area contributed by atoms with Gasteiger partial charge in [0.25, 0.3) is 0 Å². The molecule has 0 saturated heterocycles. The first-order chi connectivity index (χ1) is 9.52. The molecule has 0 amide bonds. The second-order valence-corrected chi connectivity index (χ2v) is 5.16. The molecule has 0 fully saturated rings. The van der Waals surface area contributed by atoms with Crippen LogP contribution in [0.4, 0.5) is 0 Å². The van der Waals surface area contributed by atoms with Crippen molar-refractivity contribution < 1.29 is 13.9 Å². The molecule has 2 rings (SSSR count). The molecule has 20 heavy (non-hydrogen) atoms. The number of esters is 1. The Bertz CT molecular complexity index is 671. The Balaban J connectivity index is 2.33. The van der Waals surface area contributed by atoms with Crippen LogP contribution >= 0.6 is 0 Å². The predicted molar refractivity (Wildman–Crippen MR) is 78.5 cm³/mol. The number of aryl methyl sites for hydroxylation is 1. The SMILES string of the molecule is C#CCOC(=O)Cc1coc2cc(C)c(C(C)C)cc12. The Hall–Kier alpha value is -2.21. The van der Waals surface area contributed by atoms with Crippen LogP contribution in [-0.4, -0.2) is 12.6 Å². The van der Waals surface area contributed by atoms with Gasteiger partial charge in [-0.3, -0.25) is 4.79 Å². The lowest BCUT2D eigenvalue weighted by atomic mass is 9.95. The molecule has 0 unspecified atom stereocenters. The van der Waals surface area contributed by atoms with E-state index < -0.39 is 0 Å². The lowest BCUT2D eigenvalue weighted by Gasteiger charge is -2.09. The predicted octanol–water partition coefficient (Wildman–Crippen LogP) is 3.58. The summed E-state index contributed by atoms with van der Waals surface area (Å²) in [4.78, 5) is 11.6. The maximum atomic E-state index is 11.6. The maximum absolute atomic E-state index is 11.6.